The first-order valence-electron chi connectivity index (χ1n) is 4.43. The number of hydrogen-bond donors (Lipinski definition) is 1. The van der Waals surface area contributed by atoms with Crippen molar-refractivity contribution in [2.24, 2.45) is 0 Å². The molecule has 0 atom stereocenters. The van der Waals surface area contributed by atoms with Crippen LogP contribution < -0.4 is 5.32 Å². The zero-order valence-corrected chi connectivity index (χ0v) is 9.71. The Morgan fingerprint density at radius 2 is 2.13 bits per heavy atom. The second-order valence-corrected chi connectivity index (χ2v) is 3.72. The molecule has 1 N–H and O–H groups in total. The molecule has 80 valence electrons. The van der Waals surface area contributed by atoms with Gasteiger partial charge in [-0.25, -0.2) is 4.39 Å². The summed E-state index contributed by atoms with van der Waals surface area (Å²) in [5.74, 6) is 5.12. The fraction of sp³-hybridized carbons (Fsp3) is 0.273. The number of nitrogens with one attached hydrogen (secondary N) is 1. The lowest BCUT2D eigenvalue weighted by atomic mass is 10.2. The van der Waals surface area contributed by atoms with E-state index in [0.717, 1.165) is 6.54 Å². The van der Waals surface area contributed by atoms with Crippen molar-refractivity contribution in [3.63, 3.8) is 0 Å². The fourth-order valence-electron chi connectivity index (χ4n) is 0.992. The van der Waals surface area contributed by atoms with Gasteiger partial charge in [-0.3, -0.25) is 0 Å². The highest BCUT2D eigenvalue weighted by molar-refractivity contribution is 6.34. The number of benzene rings is 1. The van der Waals surface area contributed by atoms with Crippen LogP contribution >= 0.6 is 23.2 Å². The molecule has 0 aliphatic rings. The van der Waals surface area contributed by atoms with E-state index in [1.165, 1.54) is 6.07 Å². The Hall–Kier alpha value is -0.750. The summed E-state index contributed by atoms with van der Waals surface area (Å²) in [6.45, 7) is 0.785. The zero-order valence-electron chi connectivity index (χ0n) is 8.20. The van der Waals surface area contributed by atoms with Gasteiger partial charge in [-0.05, 0) is 19.2 Å². The van der Waals surface area contributed by atoms with Gasteiger partial charge in [0.25, 0.3) is 0 Å². The van der Waals surface area contributed by atoms with E-state index in [2.05, 4.69) is 17.2 Å². The summed E-state index contributed by atoms with van der Waals surface area (Å²) in [4.78, 5) is 0. The average molecular weight is 246 g/mol. The Balaban J connectivity index is 2.88. The van der Waals surface area contributed by atoms with E-state index in [9.17, 15) is 4.39 Å². The molecule has 0 fully saturated rings. The summed E-state index contributed by atoms with van der Waals surface area (Å²) in [6, 6.07) is 2.72. The molecule has 1 nitrogen and oxygen atoms in total. The summed E-state index contributed by atoms with van der Waals surface area (Å²) in [5.41, 5.74) is 0.428. The second-order valence-electron chi connectivity index (χ2n) is 2.90. The lowest BCUT2D eigenvalue weighted by Gasteiger charge is -1.98. The first kappa shape index (κ1) is 12.3. The second kappa shape index (κ2) is 5.97. The van der Waals surface area contributed by atoms with Crippen molar-refractivity contribution in [2.45, 2.75) is 6.42 Å². The lowest BCUT2D eigenvalue weighted by Crippen LogP contribution is -2.05. The molecule has 1 rings (SSSR count). The van der Waals surface area contributed by atoms with Crippen molar-refractivity contribution >= 4 is 23.2 Å². The summed E-state index contributed by atoms with van der Waals surface area (Å²) in [5, 5.41) is 3.28. The van der Waals surface area contributed by atoms with Crippen molar-refractivity contribution in [3.8, 4) is 11.8 Å². The minimum absolute atomic E-state index is 0.0244. The summed E-state index contributed by atoms with van der Waals surface area (Å²) in [6.07, 6.45) is 0.682. The Bertz CT molecular complexity index is 407. The summed E-state index contributed by atoms with van der Waals surface area (Å²) in [7, 11) is 1.84. The van der Waals surface area contributed by atoms with Crippen molar-refractivity contribution < 1.29 is 4.39 Å². The monoisotopic (exact) mass is 245 g/mol. The highest BCUT2D eigenvalue weighted by Crippen LogP contribution is 2.23. The third kappa shape index (κ3) is 3.71. The zero-order chi connectivity index (χ0) is 11.3. The maximum Gasteiger partial charge on any atom is 0.144 e. The normalized spacial score (nSPS) is 9.60. The first-order valence-corrected chi connectivity index (χ1v) is 5.18. The van der Waals surface area contributed by atoms with E-state index >= 15 is 0 Å². The summed E-state index contributed by atoms with van der Waals surface area (Å²) >= 11 is 11.4. The van der Waals surface area contributed by atoms with Gasteiger partial charge in [0.15, 0.2) is 0 Å². The molecule has 1 aromatic rings. The van der Waals surface area contributed by atoms with E-state index in [0.29, 0.717) is 17.0 Å². The number of hydrogen-bond acceptors (Lipinski definition) is 1. The van der Waals surface area contributed by atoms with Gasteiger partial charge in [-0.2, -0.15) is 0 Å². The Morgan fingerprint density at radius 3 is 2.80 bits per heavy atom. The molecule has 0 bridgehead atoms. The van der Waals surface area contributed by atoms with Crippen molar-refractivity contribution in [1.82, 2.24) is 5.32 Å². The third-order valence-corrected chi connectivity index (χ3v) is 2.32. The van der Waals surface area contributed by atoms with Crippen LogP contribution in [0.1, 0.15) is 12.0 Å². The molecule has 0 aromatic heterocycles. The van der Waals surface area contributed by atoms with Gasteiger partial charge >= 0.3 is 0 Å². The summed E-state index contributed by atoms with van der Waals surface area (Å²) < 4.78 is 13.1. The maximum atomic E-state index is 13.1. The van der Waals surface area contributed by atoms with E-state index in [4.69, 9.17) is 23.2 Å². The predicted molar refractivity (Wildman–Crippen MR) is 61.8 cm³/mol. The van der Waals surface area contributed by atoms with Crippen molar-refractivity contribution in [1.29, 1.82) is 0 Å². The standard InChI is InChI=1S/C11H10Cl2FN/c1-15-5-3-2-4-8-6-9(12)7-10(14)11(8)13/h6-7,15H,3,5H2,1H3. The van der Waals surface area contributed by atoms with Gasteiger partial charge in [0, 0.05) is 23.6 Å². The molecular formula is C11H10Cl2FN. The van der Waals surface area contributed by atoms with Crippen LogP contribution in [0.2, 0.25) is 10.0 Å². The smallest absolute Gasteiger partial charge is 0.144 e. The topological polar surface area (TPSA) is 12.0 Å². The molecule has 4 heteroatoms. The molecule has 0 saturated heterocycles. The SMILES string of the molecule is CNCCC#Cc1cc(Cl)cc(F)c1Cl. The Labute approximate surface area is 98.6 Å². The van der Waals surface area contributed by atoms with Gasteiger partial charge in [0.05, 0.1) is 5.02 Å². The molecular weight excluding hydrogens is 236 g/mol. The third-order valence-electron chi connectivity index (χ3n) is 1.72. The number of rotatable bonds is 2. The molecule has 1 aromatic carbocycles. The van der Waals surface area contributed by atoms with Gasteiger partial charge in [0.2, 0.25) is 0 Å². The van der Waals surface area contributed by atoms with Crippen molar-refractivity contribution in [3.05, 3.63) is 33.6 Å². The van der Waals surface area contributed by atoms with Crippen LogP contribution in [0.25, 0.3) is 0 Å². The van der Waals surface area contributed by atoms with Crippen LogP contribution in [0.5, 0.6) is 0 Å². The minimum atomic E-state index is -0.540. The van der Waals surface area contributed by atoms with E-state index in [-0.39, 0.29) is 5.02 Å². The van der Waals surface area contributed by atoms with Crippen molar-refractivity contribution in [2.75, 3.05) is 13.6 Å². The van der Waals surface area contributed by atoms with E-state index in [1.807, 2.05) is 7.05 Å². The molecule has 0 saturated carbocycles. The maximum absolute atomic E-state index is 13.1. The van der Waals surface area contributed by atoms with Crippen LogP contribution in [-0.4, -0.2) is 13.6 Å². The predicted octanol–water partition coefficient (Wildman–Crippen LogP) is 3.09. The van der Waals surface area contributed by atoms with Crippen LogP contribution in [0.15, 0.2) is 12.1 Å². The van der Waals surface area contributed by atoms with Gasteiger partial charge < -0.3 is 5.32 Å². The molecule has 0 aliphatic heterocycles. The largest absolute Gasteiger partial charge is 0.319 e. The molecule has 0 radical (unpaired) electrons. The van der Waals surface area contributed by atoms with Crippen LogP contribution in [0, 0.1) is 17.7 Å². The van der Waals surface area contributed by atoms with Crippen LogP contribution in [0.3, 0.4) is 0 Å². The van der Waals surface area contributed by atoms with Gasteiger partial charge in [0.1, 0.15) is 5.82 Å². The Morgan fingerprint density at radius 1 is 1.40 bits per heavy atom. The fourth-order valence-corrected chi connectivity index (χ4v) is 1.35. The van der Waals surface area contributed by atoms with Gasteiger partial charge in [-0.15, -0.1) is 0 Å². The van der Waals surface area contributed by atoms with Crippen LogP contribution in [0.4, 0.5) is 4.39 Å². The first-order chi connectivity index (χ1) is 7.15. The lowest BCUT2D eigenvalue weighted by molar-refractivity contribution is 0.628. The average Bonchev–Trinajstić information content (AvgIpc) is 2.19. The minimum Gasteiger partial charge on any atom is -0.319 e. The van der Waals surface area contributed by atoms with E-state index < -0.39 is 5.82 Å². The Kier molecular flexibility index (Phi) is 4.90. The molecule has 0 heterocycles. The quantitative estimate of drug-likeness (QED) is 0.480. The van der Waals surface area contributed by atoms with Gasteiger partial charge in [-0.1, -0.05) is 35.0 Å². The van der Waals surface area contributed by atoms with Crippen LogP contribution in [-0.2, 0) is 0 Å². The molecule has 0 spiro atoms. The van der Waals surface area contributed by atoms with E-state index in [1.54, 1.807) is 6.07 Å². The molecule has 0 unspecified atom stereocenters. The molecule has 0 amide bonds. The highest BCUT2D eigenvalue weighted by Gasteiger charge is 2.05. The molecule has 15 heavy (non-hydrogen) atoms. The number of halogens is 3. The highest BCUT2D eigenvalue weighted by atomic mass is 35.5. The molecule has 0 aliphatic carbocycles.